The lowest BCUT2D eigenvalue weighted by molar-refractivity contribution is 0.0881. The predicted molar refractivity (Wildman–Crippen MR) is 102 cm³/mol. The number of hydrogen-bond donors (Lipinski definition) is 0. The Labute approximate surface area is 157 Å². The smallest absolute Gasteiger partial charge is 0.196 e. The minimum atomic E-state index is -0.971. The Balaban J connectivity index is 1.72. The largest absolute Gasteiger partial charge is 0.497 e. The quantitative estimate of drug-likeness (QED) is 0.670. The second-order valence-corrected chi connectivity index (χ2v) is 6.84. The van der Waals surface area contributed by atoms with Crippen molar-refractivity contribution < 1.29 is 14.3 Å². The molecule has 3 aromatic carbocycles. The van der Waals surface area contributed by atoms with Crippen LogP contribution in [0.25, 0.3) is 0 Å². The van der Waals surface area contributed by atoms with Crippen LogP contribution in [0, 0.1) is 0 Å². The van der Waals surface area contributed by atoms with E-state index in [-0.39, 0.29) is 11.6 Å². The standard InChI is InChI=1S/C23H17NO3/c1-27-17-13-11-16(12-14-17)24-21-20(25)18-9-5-6-10-19(18)22(26)23(21,24)15-7-3-2-4-8-15/h2-14,21H,1H3. The SMILES string of the molecule is COc1ccc(N2C3C(=O)c4ccccc4C(=O)C32c2ccccc2)cc1. The van der Waals surface area contributed by atoms with Crippen LogP contribution in [0.5, 0.6) is 5.75 Å². The molecule has 1 saturated heterocycles. The highest BCUT2D eigenvalue weighted by atomic mass is 16.5. The van der Waals surface area contributed by atoms with E-state index in [1.54, 1.807) is 25.3 Å². The van der Waals surface area contributed by atoms with Crippen LogP contribution in [0.2, 0.25) is 0 Å². The topological polar surface area (TPSA) is 46.4 Å². The van der Waals surface area contributed by atoms with Gasteiger partial charge in [-0.05, 0) is 29.8 Å². The van der Waals surface area contributed by atoms with Crippen LogP contribution in [-0.2, 0) is 5.54 Å². The highest BCUT2D eigenvalue weighted by Gasteiger charge is 2.74. The van der Waals surface area contributed by atoms with Crippen molar-refractivity contribution in [2.24, 2.45) is 0 Å². The van der Waals surface area contributed by atoms with Gasteiger partial charge in [-0.3, -0.25) is 9.59 Å². The molecule has 0 radical (unpaired) electrons. The summed E-state index contributed by atoms with van der Waals surface area (Å²) in [5, 5.41) is 0. The highest BCUT2D eigenvalue weighted by Crippen LogP contribution is 2.58. The van der Waals surface area contributed by atoms with Gasteiger partial charge in [-0.2, -0.15) is 0 Å². The molecule has 0 saturated carbocycles. The summed E-state index contributed by atoms with van der Waals surface area (Å²) in [6.45, 7) is 0. The first-order chi connectivity index (χ1) is 13.2. The Bertz CT molecular complexity index is 1060. The number of benzene rings is 3. The van der Waals surface area contributed by atoms with Crippen molar-refractivity contribution in [3.05, 3.63) is 95.6 Å². The van der Waals surface area contributed by atoms with Gasteiger partial charge >= 0.3 is 0 Å². The summed E-state index contributed by atoms with van der Waals surface area (Å²) in [5.41, 5.74) is 1.72. The summed E-state index contributed by atoms with van der Waals surface area (Å²) in [4.78, 5) is 28.8. The van der Waals surface area contributed by atoms with Gasteiger partial charge in [0, 0.05) is 16.8 Å². The maximum atomic E-state index is 13.6. The Morgan fingerprint density at radius 2 is 1.44 bits per heavy atom. The molecule has 27 heavy (non-hydrogen) atoms. The first-order valence-electron chi connectivity index (χ1n) is 8.86. The Hall–Kier alpha value is -3.40. The molecule has 0 spiro atoms. The van der Waals surface area contributed by atoms with Gasteiger partial charge in [0.15, 0.2) is 17.1 Å². The normalized spacial score (nSPS) is 22.9. The van der Waals surface area contributed by atoms with Gasteiger partial charge in [0.05, 0.1) is 7.11 Å². The fourth-order valence-electron chi connectivity index (χ4n) is 4.30. The van der Waals surface area contributed by atoms with Crippen LogP contribution in [0.15, 0.2) is 78.9 Å². The van der Waals surface area contributed by atoms with Crippen LogP contribution in [-0.4, -0.2) is 24.7 Å². The van der Waals surface area contributed by atoms with Crippen LogP contribution >= 0.6 is 0 Å². The minimum absolute atomic E-state index is 0.00938. The van der Waals surface area contributed by atoms with E-state index >= 15 is 0 Å². The molecule has 0 N–H and O–H groups in total. The number of rotatable bonds is 3. The van der Waals surface area contributed by atoms with Crippen LogP contribution in [0.1, 0.15) is 26.3 Å². The lowest BCUT2D eigenvalue weighted by Gasteiger charge is -2.21. The number of ether oxygens (including phenoxy) is 1. The van der Waals surface area contributed by atoms with Crippen LogP contribution < -0.4 is 9.64 Å². The van der Waals surface area contributed by atoms with Gasteiger partial charge in [-0.1, -0.05) is 54.6 Å². The molecule has 0 bridgehead atoms. The van der Waals surface area contributed by atoms with E-state index in [1.165, 1.54) is 0 Å². The van der Waals surface area contributed by atoms with Crippen molar-refractivity contribution in [3.8, 4) is 5.75 Å². The third kappa shape index (κ3) is 1.98. The van der Waals surface area contributed by atoms with Crippen molar-refractivity contribution in [3.63, 3.8) is 0 Å². The number of Topliss-reactive ketones (excluding diaryl/α,β-unsaturated/α-hetero) is 2. The van der Waals surface area contributed by atoms with E-state index in [0.29, 0.717) is 11.1 Å². The zero-order valence-corrected chi connectivity index (χ0v) is 14.8. The fourth-order valence-corrected chi connectivity index (χ4v) is 4.30. The molecule has 1 aliphatic carbocycles. The third-order valence-electron chi connectivity index (χ3n) is 5.56. The van der Waals surface area contributed by atoms with E-state index in [9.17, 15) is 9.59 Å². The summed E-state index contributed by atoms with van der Waals surface area (Å²) >= 11 is 0. The molecule has 1 heterocycles. The Kier molecular flexibility index (Phi) is 3.25. The maximum Gasteiger partial charge on any atom is 0.196 e. The number of carbonyl (C=O) groups excluding carboxylic acids is 2. The number of ketones is 2. The third-order valence-corrected chi connectivity index (χ3v) is 5.56. The van der Waals surface area contributed by atoms with Gasteiger partial charge < -0.3 is 9.64 Å². The van der Waals surface area contributed by atoms with Crippen molar-refractivity contribution in [2.45, 2.75) is 11.6 Å². The number of carbonyl (C=O) groups is 2. The zero-order chi connectivity index (χ0) is 18.6. The molecule has 3 aromatic rings. The van der Waals surface area contributed by atoms with Crippen molar-refractivity contribution in [1.29, 1.82) is 0 Å². The Morgan fingerprint density at radius 1 is 0.815 bits per heavy atom. The summed E-state index contributed by atoms with van der Waals surface area (Å²) in [7, 11) is 1.61. The summed E-state index contributed by atoms with van der Waals surface area (Å²) < 4.78 is 5.24. The molecule has 0 amide bonds. The number of methoxy groups -OCH3 is 1. The maximum absolute atomic E-state index is 13.6. The summed E-state index contributed by atoms with van der Waals surface area (Å²) in [6, 6.07) is 23.7. The average molecular weight is 355 g/mol. The van der Waals surface area contributed by atoms with E-state index in [4.69, 9.17) is 4.74 Å². The summed E-state index contributed by atoms with van der Waals surface area (Å²) in [5.74, 6) is 0.702. The fraction of sp³-hybridized carbons (Fsp3) is 0.130. The molecule has 2 aliphatic rings. The van der Waals surface area contributed by atoms with Gasteiger partial charge in [-0.25, -0.2) is 0 Å². The molecule has 2 atom stereocenters. The van der Waals surface area contributed by atoms with Gasteiger partial charge in [-0.15, -0.1) is 0 Å². The van der Waals surface area contributed by atoms with Crippen LogP contribution in [0.3, 0.4) is 0 Å². The number of anilines is 1. The molecular formula is C23H17NO3. The molecule has 2 unspecified atom stereocenters. The lowest BCUT2D eigenvalue weighted by Crippen LogP contribution is -2.35. The molecule has 5 rings (SSSR count). The van der Waals surface area contributed by atoms with E-state index in [0.717, 1.165) is 17.0 Å². The van der Waals surface area contributed by atoms with E-state index < -0.39 is 11.6 Å². The summed E-state index contributed by atoms with van der Waals surface area (Å²) in [6.07, 6.45) is 0. The number of fused-ring (bicyclic) bond motifs is 2. The molecule has 4 nitrogen and oxygen atoms in total. The van der Waals surface area contributed by atoms with Crippen molar-refractivity contribution in [2.75, 3.05) is 12.0 Å². The number of hydrogen-bond acceptors (Lipinski definition) is 4. The second kappa shape index (κ2) is 5.55. The highest BCUT2D eigenvalue weighted by molar-refractivity contribution is 6.28. The van der Waals surface area contributed by atoms with Gasteiger partial charge in [0.25, 0.3) is 0 Å². The molecule has 132 valence electrons. The first kappa shape index (κ1) is 15.8. The molecule has 1 fully saturated rings. The lowest BCUT2D eigenvalue weighted by atomic mass is 9.78. The molecular weight excluding hydrogens is 338 g/mol. The second-order valence-electron chi connectivity index (χ2n) is 6.84. The molecule has 0 aromatic heterocycles. The Morgan fingerprint density at radius 3 is 2.11 bits per heavy atom. The predicted octanol–water partition coefficient (Wildman–Crippen LogP) is 3.86. The van der Waals surface area contributed by atoms with Gasteiger partial charge in [0.1, 0.15) is 11.8 Å². The van der Waals surface area contributed by atoms with Crippen molar-refractivity contribution in [1.82, 2.24) is 0 Å². The molecule has 4 heteroatoms. The van der Waals surface area contributed by atoms with E-state index in [1.807, 2.05) is 65.6 Å². The zero-order valence-electron chi connectivity index (χ0n) is 14.8. The molecule has 1 aliphatic heterocycles. The van der Waals surface area contributed by atoms with Crippen molar-refractivity contribution >= 4 is 17.3 Å². The first-order valence-corrected chi connectivity index (χ1v) is 8.86. The minimum Gasteiger partial charge on any atom is -0.497 e. The van der Waals surface area contributed by atoms with E-state index in [2.05, 4.69) is 0 Å². The average Bonchev–Trinajstić information content (AvgIpc) is 3.45. The number of nitrogens with zero attached hydrogens (tertiary/aromatic N) is 1. The van der Waals surface area contributed by atoms with Gasteiger partial charge in [0.2, 0.25) is 0 Å². The monoisotopic (exact) mass is 355 g/mol. The van der Waals surface area contributed by atoms with Crippen LogP contribution in [0.4, 0.5) is 5.69 Å².